The lowest BCUT2D eigenvalue weighted by Gasteiger charge is -2.06. The number of benzene rings is 1. The van der Waals surface area contributed by atoms with E-state index in [0.717, 1.165) is 4.47 Å². The molecule has 0 N–H and O–H groups in total. The molecule has 6 nitrogen and oxygen atoms in total. The summed E-state index contributed by atoms with van der Waals surface area (Å²) in [5, 5.41) is 3.83. The molecule has 1 aromatic carbocycles. The van der Waals surface area contributed by atoms with Crippen LogP contribution in [0.2, 0.25) is 0 Å². The van der Waals surface area contributed by atoms with Gasteiger partial charge in [0.25, 0.3) is 0 Å². The summed E-state index contributed by atoms with van der Waals surface area (Å²) in [6.45, 7) is 0.283. The van der Waals surface area contributed by atoms with Crippen molar-refractivity contribution >= 4 is 21.9 Å². The molecule has 124 valence electrons. The molecule has 0 spiro atoms. The van der Waals surface area contributed by atoms with Crippen LogP contribution >= 0.6 is 15.9 Å². The highest BCUT2D eigenvalue weighted by molar-refractivity contribution is 9.10. The largest absolute Gasteiger partial charge is 0.493 e. The van der Waals surface area contributed by atoms with Crippen LogP contribution in [0.25, 0.3) is 11.5 Å². The molecule has 24 heavy (non-hydrogen) atoms. The van der Waals surface area contributed by atoms with Crippen molar-refractivity contribution in [2.75, 3.05) is 6.61 Å². The van der Waals surface area contributed by atoms with Gasteiger partial charge in [0.2, 0.25) is 5.76 Å². The number of ether oxygens (including phenoxy) is 2. The second kappa shape index (κ2) is 7.83. The third-order valence-electron chi connectivity index (χ3n) is 3.08. The van der Waals surface area contributed by atoms with Crippen molar-refractivity contribution in [2.24, 2.45) is 0 Å². The van der Waals surface area contributed by atoms with Gasteiger partial charge in [-0.3, -0.25) is 4.79 Å². The number of esters is 1. The van der Waals surface area contributed by atoms with Gasteiger partial charge >= 0.3 is 5.97 Å². The molecule has 7 heteroatoms. The van der Waals surface area contributed by atoms with Crippen LogP contribution in [-0.4, -0.2) is 17.7 Å². The second-order valence-corrected chi connectivity index (χ2v) is 5.79. The molecular formula is C17H14BrNO5. The minimum atomic E-state index is -0.368. The number of furan rings is 1. The lowest BCUT2D eigenvalue weighted by molar-refractivity contribution is -0.145. The van der Waals surface area contributed by atoms with Crippen LogP contribution in [0.1, 0.15) is 12.1 Å². The van der Waals surface area contributed by atoms with Crippen molar-refractivity contribution in [3.63, 3.8) is 0 Å². The highest BCUT2D eigenvalue weighted by Crippen LogP contribution is 2.21. The van der Waals surface area contributed by atoms with Crippen molar-refractivity contribution in [2.45, 2.75) is 13.0 Å². The molecule has 0 aliphatic carbocycles. The number of nitrogens with zero attached hydrogens (tertiary/aromatic N) is 1. The third-order valence-corrected chi connectivity index (χ3v) is 3.57. The van der Waals surface area contributed by atoms with E-state index in [1.807, 2.05) is 24.3 Å². The van der Waals surface area contributed by atoms with Crippen LogP contribution in [-0.2, 0) is 16.1 Å². The zero-order valence-electron chi connectivity index (χ0n) is 12.6. The maximum atomic E-state index is 11.7. The summed E-state index contributed by atoms with van der Waals surface area (Å²) in [7, 11) is 0. The quantitative estimate of drug-likeness (QED) is 0.561. The third kappa shape index (κ3) is 4.48. The van der Waals surface area contributed by atoms with E-state index < -0.39 is 0 Å². The minimum Gasteiger partial charge on any atom is -0.493 e. The smallest absolute Gasteiger partial charge is 0.309 e. The molecule has 3 aromatic rings. The number of hydrogen-bond acceptors (Lipinski definition) is 6. The highest BCUT2D eigenvalue weighted by Gasteiger charge is 2.11. The van der Waals surface area contributed by atoms with Crippen LogP contribution in [0.4, 0.5) is 0 Å². The summed E-state index contributed by atoms with van der Waals surface area (Å²) in [6.07, 6.45) is 1.69. The first-order valence-corrected chi connectivity index (χ1v) is 8.03. The van der Waals surface area contributed by atoms with E-state index >= 15 is 0 Å². The van der Waals surface area contributed by atoms with Crippen molar-refractivity contribution < 1.29 is 23.2 Å². The molecular weight excluding hydrogens is 378 g/mol. The summed E-state index contributed by atoms with van der Waals surface area (Å²) in [5.41, 5.74) is 0.516. The molecule has 0 saturated heterocycles. The fourth-order valence-electron chi connectivity index (χ4n) is 1.95. The maximum Gasteiger partial charge on any atom is 0.309 e. The van der Waals surface area contributed by atoms with Gasteiger partial charge in [0.15, 0.2) is 5.76 Å². The van der Waals surface area contributed by atoms with Gasteiger partial charge in [-0.2, -0.15) is 0 Å². The predicted octanol–water partition coefficient (Wildman–Crippen LogP) is 4.21. The normalized spacial score (nSPS) is 10.5. The van der Waals surface area contributed by atoms with Gasteiger partial charge in [-0.05, 0) is 30.3 Å². The van der Waals surface area contributed by atoms with Gasteiger partial charge in [-0.25, -0.2) is 0 Å². The van der Waals surface area contributed by atoms with Gasteiger partial charge in [0.1, 0.15) is 18.1 Å². The van der Waals surface area contributed by atoms with Crippen LogP contribution in [0.5, 0.6) is 5.75 Å². The summed E-state index contributed by atoms with van der Waals surface area (Å²) in [6, 6.07) is 12.6. The van der Waals surface area contributed by atoms with Crippen LogP contribution in [0, 0.1) is 0 Å². The van der Waals surface area contributed by atoms with E-state index in [1.165, 1.54) is 0 Å². The van der Waals surface area contributed by atoms with Gasteiger partial charge in [0, 0.05) is 10.5 Å². The van der Waals surface area contributed by atoms with Crippen LogP contribution < -0.4 is 4.74 Å². The average molecular weight is 392 g/mol. The van der Waals surface area contributed by atoms with Crippen LogP contribution in [0.15, 0.2) is 62.1 Å². The number of carbonyl (C=O) groups excluding carboxylic acids is 1. The monoisotopic (exact) mass is 391 g/mol. The molecule has 0 atom stereocenters. The molecule has 3 rings (SSSR count). The molecule has 0 radical (unpaired) electrons. The van der Waals surface area contributed by atoms with Gasteiger partial charge in [0.05, 0.1) is 19.3 Å². The Morgan fingerprint density at radius 1 is 1.17 bits per heavy atom. The summed E-state index contributed by atoms with van der Waals surface area (Å²) in [4.78, 5) is 11.7. The van der Waals surface area contributed by atoms with Gasteiger partial charge in [-0.15, -0.1) is 0 Å². The Labute approximate surface area is 146 Å². The molecule has 0 amide bonds. The summed E-state index contributed by atoms with van der Waals surface area (Å²) in [5.74, 6) is 1.39. The maximum absolute atomic E-state index is 11.7. The molecule has 0 fully saturated rings. The number of rotatable bonds is 7. The Hall–Kier alpha value is -2.54. The van der Waals surface area contributed by atoms with Gasteiger partial charge in [-0.1, -0.05) is 27.2 Å². The Balaban J connectivity index is 1.41. The van der Waals surface area contributed by atoms with E-state index in [9.17, 15) is 4.79 Å². The molecule has 0 aliphatic rings. The zero-order valence-corrected chi connectivity index (χ0v) is 14.2. The van der Waals surface area contributed by atoms with Gasteiger partial charge < -0.3 is 18.4 Å². The number of carbonyl (C=O) groups is 1. The fraction of sp³-hybridized carbons (Fsp3) is 0.176. The Morgan fingerprint density at radius 2 is 2.08 bits per heavy atom. The van der Waals surface area contributed by atoms with Crippen molar-refractivity contribution in [1.82, 2.24) is 5.16 Å². The predicted molar refractivity (Wildman–Crippen MR) is 88.3 cm³/mol. The van der Waals surface area contributed by atoms with E-state index in [4.69, 9.17) is 18.4 Å². The Bertz CT molecular complexity index is 797. The topological polar surface area (TPSA) is 74.7 Å². The Kier molecular flexibility index (Phi) is 5.32. The molecule has 2 aromatic heterocycles. The summed E-state index contributed by atoms with van der Waals surface area (Å²) >= 11 is 3.36. The highest BCUT2D eigenvalue weighted by atomic mass is 79.9. The van der Waals surface area contributed by atoms with E-state index in [0.29, 0.717) is 23.0 Å². The molecule has 2 heterocycles. The van der Waals surface area contributed by atoms with Crippen molar-refractivity contribution in [1.29, 1.82) is 0 Å². The van der Waals surface area contributed by atoms with E-state index in [2.05, 4.69) is 21.1 Å². The molecule has 0 aliphatic heterocycles. The van der Waals surface area contributed by atoms with Crippen molar-refractivity contribution in [3.8, 4) is 17.3 Å². The average Bonchev–Trinajstić information content (AvgIpc) is 3.24. The SMILES string of the molecule is O=C(CCOc1cccc(Br)c1)OCc1cc(-c2ccco2)on1. The second-order valence-electron chi connectivity index (χ2n) is 4.88. The number of hydrogen-bond donors (Lipinski definition) is 0. The molecule has 0 unspecified atom stereocenters. The van der Waals surface area contributed by atoms with Crippen LogP contribution in [0.3, 0.4) is 0 Å². The number of aromatic nitrogens is 1. The lowest BCUT2D eigenvalue weighted by atomic mass is 10.3. The lowest BCUT2D eigenvalue weighted by Crippen LogP contribution is -2.10. The number of halogens is 1. The first-order chi connectivity index (χ1) is 11.7. The minimum absolute atomic E-state index is 0.0416. The molecule has 0 bridgehead atoms. The first kappa shape index (κ1) is 16.3. The zero-order chi connectivity index (χ0) is 16.8. The Morgan fingerprint density at radius 3 is 2.88 bits per heavy atom. The fourth-order valence-corrected chi connectivity index (χ4v) is 2.33. The van der Waals surface area contributed by atoms with Crippen molar-refractivity contribution in [3.05, 3.63) is 58.9 Å². The standard InChI is InChI=1S/C17H14BrNO5/c18-12-3-1-4-14(9-12)21-8-6-17(20)23-11-13-10-16(24-19-13)15-5-2-7-22-15/h1-5,7,9-10H,6,8,11H2. The summed E-state index contributed by atoms with van der Waals surface area (Å²) < 4.78 is 21.9. The van der Waals surface area contributed by atoms with E-state index in [1.54, 1.807) is 24.5 Å². The van der Waals surface area contributed by atoms with E-state index in [-0.39, 0.29) is 25.6 Å². The molecule has 0 saturated carbocycles. The first-order valence-electron chi connectivity index (χ1n) is 7.24.